The summed E-state index contributed by atoms with van der Waals surface area (Å²) < 4.78 is 11.2. The van der Waals surface area contributed by atoms with E-state index in [1.54, 1.807) is 0 Å². The molecule has 0 aromatic heterocycles. The van der Waals surface area contributed by atoms with E-state index >= 15 is 0 Å². The fraction of sp³-hybridized carbons (Fsp3) is 0.889. The van der Waals surface area contributed by atoms with Crippen molar-refractivity contribution in [1.29, 1.82) is 0 Å². The minimum Gasteiger partial charge on any atom is -0.411 e. The smallest absolute Gasteiger partial charge is 0.169 e. The number of nitrogens with zero attached hydrogens (tertiary/aromatic N) is 1. The van der Waals surface area contributed by atoms with Crippen molar-refractivity contribution in [3.8, 4) is 0 Å². The number of ether oxygens (including phenoxy) is 2. The molecule has 0 aromatic carbocycles. The van der Waals surface area contributed by atoms with Crippen LogP contribution in [0.25, 0.3) is 0 Å². The van der Waals surface area contributed by atoms with Gasteiger partial charge in [0.25, 0.3) is 0 Å². The maximum absolute atomic E-state index is 8.70. The van der Waals surface area contributed by atoms with Gasteiger partial charge in [-0.2, -0.15) is 0 Å². The SMILES string of the molecule is CC1CC2(CC/C1=N\O)OCCO2. The summed E-state index contributed by atoms with van der Waals surface area (Å²) >= 11 is 0. The van der Waals surface area contributed by atoms with Gasteiger partial charge in [-0.15, -0.1) is 0 Å². The van der Waals surface area contributed by atoms with Crippen molar-refractivity contribution in [3.63, 3.8) is 0 Å². The fourth-order valence-electron chi connectivity index (χ4n) is 2.16. The predicted molar refractivity (Wildman–Crippen MR) is 46.9 cm³/mol. The minimum atomic E-state index is -0.367. The maximum Gasteiger partial charge on any atom is 0.169 e. The van der Waals surface area contributed by atoms with Gasteiger partial charge in [-0.1, -0.05) is 12.1 Å². The van der Waals surface area contributed by atoms with Crippen molar-refractivity contribution in [2.24, 2.45) is 11.1 Å². The summed E-state index contributed by atoms with van der Waals surface area (Å²) in [6.45, 7) is 3.43. The Morgan fingerprint density at radius 2 is 2.15 bits per heavy atom. The Labute approximate surface area is 77.5 Å². The van der Waals surface area contributed by atoms with E-state index in [1.165, 1.54) is 0 Å². The quantitative estimate of drug-likeness (QED) is 0.458. The molecule has 0 amide bonds. The van der Waals surface area contributed by atoms with Gasteiger partial charge in [0, 0.05) is 18.8 Å². The van der Waals surface area contributed by atoms with Gasteiger partial charge >= 0.3 is 0 Å². The summed E-state index contributed by atoms with van der Waals surface area (Å²) in [5.41, 5.74) is 0.865. The van der Waals surface area contributed by atoms with E-state index in [2.05, 4.69) is 5.16 Å². The average Bonchev–Trinajstić information content (AvgIpc) is 2.54. The van der Waals surface area contributed by atoms with E-state index in [1.807, 2.05) is 6.92 Å². The Morgan fingerprint density at radius 1 is 1.46 bits per heavy atom. The molecular weight excluding hydrogens is 170 g/mol. The zero-order chi connectivity index (χ0) is 9.31. The van der Waals surface area contributed by atoms with Crippen LogP contribution in [0, 0.1) is 5.92 Å². The van der Waals surface area contributed by atoms with Crippen LogP contribution in [-0.4, -0.2) is 29.9 Å². The van der Waals surface area contributed by atoms with Crippen molar-refractivity contribution in [1.82, 2.24) is 0 Å². The van der Waals surface area contributed by atoms with E-state index in [-0.39, 0.29) is 11.7 Å². The van der Waals surface area contributed by atoms with E-state index in [0.29, 0.717) is 13.2 Å². The Hall–Kier alpha value is -0.610. The van der Waals surface area contributed by atoms with Crippen LogP contribution in [0.15, 0.2) is 5.16 Å². The van der Waals surface area contributed by atoms with Gasteiger partial charge in [0.1, 0.15) is 0 Å². The highest BCUT2D eigenvalue weighted by molar-refractivity contribution is 5.86. The lowest BCUT2D eigenvalue weighted by atomic mass is 9.84. The van der Waals surface area contributed by atoms with E-state index in [4.69, 9.17) is 14.7 Å². The summed E-state index contributed by atoms with van der Waals surface area (Å²) in [6, 6.07) is 0. The third-order valence-electron chi connectivity index (χ3n) is 2.89. The molecule has 2 rings (SSSR count). The Morgan fingerprint density at radius 3 is 2.69 bits per heavy atom. The van der Waals surface area contributed by atoms with Gasteiger partial charge in [0.05, 0.1) is 18.9 Å². The zero-order valence-corrected chi connectivity index (χ0v) is 7.82. The summed E-state index contributed by atoms with van der Waals surface area (Å²) in [5.74, 6) is -0.106. The first-order valence-electron chi connectivity index (χ1n) is 4.74. The first-order valence-corrected chi connectivity index (χ1v) is 4.74. The van der Waals surface area contributed by atoms with Crippen molar-refractivity contribution in [2.45, 2.75) is 32.0 Å². The third-order valence-corrected chi connectivity index (χ3v) is 2.89. The molecule has 1 aliphatic carbocycles. The second-order valence-electron chi connectivity index (χ2n) is 3.80. The zero-order valence-electron chi connectivity index (χ0n) is 7.82. The van der Waals surface area contributed by atoms with E-state index in [0.717, 1.165) is 25.0 Å². The lowest BCUT2D eigenvalue weighted by Crippen LogP contribution is -2.39. The Balaban J connectivity index is 2.05. The Bertz CT molecular complexity index is 221. The molecule has 0 aromatic rings. The second-order valence-corrected chi connectivity index (χ2v) is 3.80. The molecule has 1 N–H and O–H groups in total. The van der Waals surface area contributed by atoms with Crippen LogP contribution in [-0.2, 0) is 9.47 Å². The topological polar surface area (TPSA) is 51.1 Å². The monoisotopic (exact) mass is 185 g/mol. The highest BCUT2D eigenvalue weighted by Gasteiger charge is 2.42. The molecule has 0 radical (unpaired) electrons. The molecule has 1 heterocycles. The third kappa shape index (κ3) is 1.56. The van der Waals surface area contributed by atoms with Crippen LogP contribution in [0.3, 0.4) is 0 Å². The molecule has 74 valence electrons. The summed E-state index contributed by atoms with van der Waals surface area (Å²) in [5, 5.41) is 12.0. The normalized spacial score (nSPS) is 35.8. The lowest BCUT2D eigenvalue weighted by Gasteiger charge is -2.34. The second kappa shape index (κ2) is 3.27. The Kier molecular flexibility index (Phi) is 2.26. The molecule has 0 bridgehead atoms. The molecule has 1 saturated heterocycles. The van der Waals surface area contributed by atoms with Crippen LogP contribution in [0.1, 0.15) is 26.2 Å². The first-order chi connectivity index (χ1) is 6.26. The van der Waals surface area contributed by atoms with Crippen molar-refractivity contribution < 1.29 is 14.7 Å². The highest BCUT2D eigenvalue weighted by atomic mass is 16.7. The molecule has 13 heavy (non-hydrogen) atoms. The summed E-state index contributed by atoms with van der Waals surface area (Å²) in [6.07, 6.45) is 2.40. The lowest BCUT2D eigenvalue weighted by molar-refractivity contribution is -0.173. The number of hydrogen-bond acceptors (Lipinski definition) is 4. The molecule has 1 atom stereocenters. The van der Waals surface area contributed by atoms with Crippen molar-refractivity contribution >= 4 is 5.71 Å². The van der Waals surface area contributed by atoms with Crippen molar-refractivity contribution in [3.05, 3.63) is 0 Å². The van der Waals surface area contributed by atoms with Crippen LogP contribution in [0.2, 0.25) is 0 Å². The molecule has 1 aliphatic heterocycles. The standard InChI is InChI=1S/C9H15NO3/c1-7-6-9(12-4-5-13-9)3-2-8(7)10-11/h7,11H,2-6H2,1H3/b10-8+. The largest absolute Gasteiger partial charge is 0.411 e. The average molecular weight is 185 g/mol. The first kappa shape index (κ1) is 8.97. The molecule has 1 saturated carbocycles. The highest BCUT2D eigenvalue weighted by Crippen LogP contribution is 2.37. The summed E-state index contributed by atoms with van der Waals surface area (Å²) in [4.78, 5) is 0. The molecule has 4 nitrogen and oxygen atoms in total. The molecule has 2 aliphatic rings. The van der Waals surface area contributed by atoms with Gasteiger partial charge in [-0.25, -0.2) is 0 Å². The van der Waals surface area contributed by atoms with Crippen LogP contribution in [0.4, 0.5) is 0 Å². The van der Waals surface area contributed by atoms with Crippen LogP contribution < -0.4 is 0 Å². The summed E-state index contributed by atoms with van der Waals surface area (Å²) in [7, 11) is 0. The van der Waals surface area contributed by atoms with Crippen LogP contribution in [0.5, 0.6) is 0 Å². The van der Waals surface area contributed by atoms with E-state index in [9.17, 15) is 0 Å². The van der Waals surface area contributed by atoms with Gasteiger partial charge in [-0.3, -0.25) is 0 Å². The molecule has 1 spiro atoms. The fourth-order valence-corrected chi connectivity index (χ4v) is 2.16. The van der Waals surface area contributed by atoms with E-state index < -0.39 is 0 Å². The predicted octanol–water partition coefficient (Wildman–Crippen LogP) is 1.38. The number of rotatable bonds is 0. The molecule has 1 unspecified atom stereocenters. The van der Waals surface area contributed by atoms with Gasteiger partial charge in [0.2, 0.25) is 0 Å². The molecular formula is C9H15NO3. The minimum absolute atomic E-state index is 0.261. The van der Waals surface area contributed by atoms with Gasteiger partial charge < -0.3 is 14.7 Å². The van der Waals surface area contributed by atoms with Gasteiger partial charge in [0.15, 0.2) is 5.79 Å². The van der Waals surface area contributed by atoms with Crippen LogP contribution >= 0.6 is 0 Å². The number of hydrogen-bond donors (Lipinski definition) is 1. The molecule has 4 heteroatoms. The molecule has 2 fully saturated rings. The van der Waals surface area contributed by atoms with Crippen molar-refractivity contribution in [2.75, 3.05) is 13.2 Å². The maximum atomic E-state index is 8.70. The van der Waals surface area contributed by atoms with Gasteiger partial charge in [-0.05, 0) is 6.42 Å². The number of oxime groups is 1.